The predicted molar refractivity (Wildman–Crippen MR) is 48.1 cm³/mol. The van der Waals surface area contributed by atoms with Crippen molar-refractivity contribution in [2.75, 3.05) is 0 Å². The summed E-state index contributed by atoms with van der Waals surface area (Å²) in [6.45, 7) is 0. The van der Waals surface area contributed by atoms with Gasteiger partial charge in [0, 0.05) is 0 Å². The summed E-state index contributed by atoms with van der Waals surface area (Å²) in [6.07, 6.45) is 1.70. The van der Waals surface area contributed by atoms with E-state index < -0.39 is 7.82 Å². The van der Waals surface area contributed by atoms with E-state index in [-0.39, 0.29) is 68.9 Å². The van der Waals surface area contributed by atoms with Gasteiger partial charge in [0.25, 0.3) is 7.82 Å². The smallest absolute Gasteiger partial charge is 0.756 e. The molecule has 2 rings (SSSR count). The maximum atomic E-state index is 8.77. The maximum Gasteiger partial charge on any atom is 1.00 e. The zero-order chi connectivity index (χ0) is 10.6. The van der Waals surface area contributed by atoms with Crippen molar-refractivity contribution >= 4 is 18.9 Å². The maximum absolute atomic E-state index is 8.77. The Balaban J connectivity index is 0.000000289. The summed E-state index contributed by atoms with van der Waals surface area (Å²) in [5.74, 6) is 0. The van der Waals surface area contributed by atoms with Crippen molar-refractivity contribution in [1.82, 2.24) is 9.97 Å². The summed E-state index contributed by atoms with van der Waals surface area (Å²) in [7, 11) is -4.89. The molecule has 1 heterocycles. The third kappa shape index (κ3) is 7.70. The van der Waals surface area contributed by atoms with Gasteiger partial charge in [-0.3, -0.25) is 4.57 Å². The number of aromatic amines is 1. The summed E-state index contributed by atoms with van der Waals surface area (Å²) in [4.78, 5) is 30.0. The molecule has 0 amide bonds. The van der Waals surface area contributed by atoms with Crippen LogP contribution in [0.2, 0.25) is 0 Å². The van der Waals surface area contributed by atoms with Crippen molar-refractivity contribution in [2.24, 2.45) is 0 Å². The van der Waals surface area contributed by atoms with Crippen molar-refractivity contribution in [2.45, 2.75) is 0 Å². The number of H-pyrrole nitrogens is 1. The molecule has 0 aliphatic rings. The van der Waals surface area contributed by atoms with Gasteiger partial charge in [-0.2, -0.15) is 0 Å². The number of para-hydroxylation sites is 2. The quantitative estimate of drug-likeness (QED) is 0.440. The first kappa shape index (κ1) is 15.9. The standard InChI is InChI=1S/C7H6N2.Cs.H3O4P/c1-2-4-7-6(3-1)8-5-9-7;;1-5(2,3)4/h1-5H,(H,8,9);;(H3,1,2,3,4)/q;+1;/p-1. The van der Waals surface area contributed by atoms with Crippen LogP contribution in [-0.4, -0.2) is 19.8 Å². The average Bonchev–Trinajstić information content (AvgIpc) is 2.47. The number of aromatic nitrogens is 2. The second-order valence-electron chi connectivity index (χ2n) is 2.41. The second-order valence-corrected chi connectivity index (χ2v) is 3.39. The molecule has 15 heavy (non-hydrogen) atoms. The molecule has 76 valence electrons. The van der Waals surface area contributed by atoms with Crippen molar-refractivity contribution < 1.29 is 88.1 Å². The van der Waals surface area contributed by atoms with Gasteiger partial charge in [-0.25, -0.2) is 4.98 Å². The number of nitrogens with one attached hydrogen (secondary N) is 1. The number of hydrogen-bond acceptors (Lipinski definition) is 3. The Bertz CT molecular complexity index is 416. The van der Waals surface area contributed by atoms with E-state index in [2.05, 4.69) is 9.97 Å². The zero-order valence-electron chi connectivity index (χ0n) is 7.99. The Morgan fingerprint density at radius 3 is 2.40 bits per heavy atom. The Morgan fingerprint density at radius 2 is 1.87 bits per heavy atom. The van der Waals surface area contributed by atoms with E-state index in [1.165, 1.54) is 0 Å². The molecular weight excluding hydrogens is 340 g/mol. The van der Waals surface area contributed by atoms with Crippen LogP contribution in [0.25, 0.3) is 11.0 Å². The topological polar surface area (TPSA) is 109 Å². The van der Waals surface area contributed by atoms with Crippen molar-refractivity contribution in [3.63, 3.8) is 0 Å². The van der Waals surface area contributed by atoms with Gasteiger partial charge < -0.3 is 19.7 Å². The molecule has 2 aromatic rings. The van der Waals surface area contributed by atoms with E-state index in [9.17, 15) is 0 Å². The van der Waals surface area contributed by atoms with Crippen LogP contribution in [0, 0.1) is 0 Å². The van der Waals surface area contributed by atoms with Crippen LogP contribution in [0.3, 0.4) is 0 Å². The van der Waals surface area contributed by atoms with Crippen molar-refractivity contribution in [3.8, 4) is 0 Å². The average molecular weight is 348 g/mol. The zero-order valence-corrected chi connectivity index (χ0v) is 15.2. The van der Waals surface area contributed by atoms with Gasteiger partial charge in [-0.1, -0.05) is 12.1 Å². The molecule has 0 spiro atoms. The molecule has 0 fully saturated rings. The fourth-order valence-corrected chi connectivity index (χ4v) is 0.880. The minimum absolute atomic E-state index is 0. The molecule has 0 aliphatic heterocycles. The van der Waals surface area contributed by atoms with E-state index in [1.54, 1.807) is 6.33 Å². The largest absolute Gasteiger partial charge is 1.00 e. The second kappa shape index (κ2) is 7.23. The van der Waals surface area contributed by atoms with Crippen LogP contribution < -0.4 is 73.8 Å². The Hall–Kier alpha value is 0.852. The fourth-order valence-electron chi connectivity index (χ4n) is 0.880. The number of phosphoric acid groups is 1. The Kier molecular flexibility index (Phi) is 7.64. The molecular formula is C7H8CsN2O4P. The first-order valence-electron chi connectivity index (χ1n) is 3.61. The number of fused-ring (bicyclic) bond motifs is 1. The monoisotopic (exact) mass is 348 g/mol. The molecule has 0 saturated heterocycles. The summed E-state index contributed by atoms with van der Waals surface area (Å²) in [6, 6.07) is 7.94. The Morgan fingerprint density at radius 1 is 1.33 bits per heavy atom. The van der Waals surface area contributed by atoms with Crippen LogP contribution in [0.5, 0.6) is 0 Å². The van der Waals surface area contributed by atoms with Crippen molar-refractivity contribution in [3.05, 3.63) is 30.6 Å². The number of nitrogens with zero attached hydrogens (tertiary/aromatic N) is 1. The first-order valence-corrected chi connectivity index (χ1v) is 5.14. The number of imidazole rings is 1. The van der Waals surface area contributed by atoms with Crippen LogP contribution >= 0.6 is 7.82 Å². The molecule has 8 heteroatoms. The number of rotatable bonds is 0. The van der Waals surface area contributed by atoms with E-state index in [0.717, 1.165) is 11.0 Å². The molecule has 0 aliphatic carbocycles. The van der Waals surface area contributed by atoms with E-state index in [4.69, 9.17) is 19.2 Å². The molecule has 0 atom stereocenters. The summed E-state index contributed by atoms with van der Waals surface area (Å²) in [5, 5.41) is 0. The van der Waals surface area contributed by atoms with Crippen LogP contribution in [0.15, 0.2) is 30.6 Å². The van der Waals surface area contributed by atoms with Gasteiger partial charge in [0.2, 0.25) is 0 Å². The minimum atomic E-state index is -4.89. The van der Waals surface area contributed by atoms with Gasteiger partial charge in [0.05, 0.1) is 17.4 Å². The minimum Gasteiger partial charge on any atom is -0.756 e. The fraction of sp³-hybridized carbons (Fsp3) is 0. The summed E-state index contributed by atoms with van der Waals surface area (Å²) < 4.78 is 8.77. The van der Waals surface area contributed by atoms with Gasteiger partial charge >= 0.3 is 68.9 Å². The Labute approximate surface area is 145 Å². The molecule has 1 aromatic carbocycles. The van der Waals surface area contributed by atoms with Crippen molar-refractivity contribution in [1.29, 1.82) is 0 Å². The molecule has 1 aromatic heterocycles. The van der Waals surface area contributed by atoms with Crippen LogP contribution in [0.1, 0.15) is 0 Å². The van der Waals surface area contributed by atoms with E-state index in [1.807, 2.05) is 24.3 Å². The molecule has 0 unspecified atom stereocenters. The summed E-state index contributed by atoms with van der Waals surface area (Å²) in [5.41, 5.74) is 2.12. The molecule has 6 nitrogen and oxygen atoms in total. The molecule has 3 N–H and O–H groups in total. The summed E-state index contributed by atoms with van der Waals surface area (Å²) >= 11 is 0. The van der Waals surface area contributed by atoms with Gasteiger partial charge in [0.1, 0.15) is 0 Å². The normalized spacial score (nSPS) is 10.1. The molecule has 0 radical (unpaired) electrons. The van der Waals surface area contributed by atoms with E-state index in [0.29, 0.717) is 0 Å². The predicted octanol–water partition coefficient (Wildman–Crippen LogP) is -2.99. The molecule has 0 saturated carbocycles. The van der Waals surface area contributed by atoms with Crippen LogP contribution in [0.4, 0.5) is 0 Å². The van der Waals surface area contributed by atoms with Gasteiger partial charge in [0.15, 0.2) is 0 Å². The number of benzene rings is 1. The molecule has 0 bridgehead atoms. The van der Waals surface area contributed by atoms with Gasteiger partial charge in [-0.15, -0.1) is 0 Å². The van der Waals surface area contributed by atoms with Gasteiger partial charge in [-0.05, 0) is 12.1 Å². The van der Waals surface area contributed by atoms with E-state index >= 15 is 0 Å². The number of hydrogen-bond donors (Lipinski definition) is 3. The van der Waals surface area contributed by atoms with Crippen LogP contribution in [-0.2, 0) is 4.57 Å². The third-order valence-corrected chi connectivity index (χ3v) is 1.33. The SMILES string of the molecule is O=P([O-])(O)O.[Cs+].c1ccc2[nH]cnc2c1. The third-order valence-electron chi connectivity index (χ3n) is 1.33. The first-order chi connectivity index (χ1) is 6.47.